The number of nitrogens with zero attached hydrogens (tertiary/aromatic N) is 1. The Labute approximate surface area is 132 Å². The summed E-state index contributed by atoms with van der Waals surface area (Å²) in [5.41, 5.74) is 0.845. The van der Waals surface area contributed by atoms with Gasteiger partial charge < -0.3 is 14.8 Å². The van der Waals surface area contributed by atoms with Crippen LogP contribution < -0.4 is 14.8 Å². The second-order valence-corrected chi connectivity index (χ2v) is 4.97. The summed E-state index contributed by atoms with van der Waals surface area (Å²) in [7, 11) is 0. The molecule has 0 fully saturated rings. The number of nitro benzene ring substituents is 1. The number of carbonyl (C=O) groups excluding carboxylic acids is 1. The van der Waals surface area contributed by atoms with Crippen LogP contribution in [0.25, 0.3) is 0 Å². The minimum absolute atomic E-state index is 0.0582. The Balaban J connectivity index is 1.74. The van der Waals surface area contributed by atoms with E-state index in [1.54, 1.807) is 18.2 Å². The van der Waals surface area contributed by atoms with Crippen LogP contribution in [0.3, 0.4) is 0 Å². The topological polar surface area (TPSA) is 90.7 Å². The van der Waals surface area contributed by atoms with Crippen LogP contribution in [0, 0.1) is 10.1 Å². The van der Waals surface area contributed by atoms with Gasteiger partial charge in [0.2, 0.25) is 0 Å². The highest BCUT2D eigenvalue weighted by molar-refractivity contribution is 6.04. The third-order valence-electron chi connectivity index (χ3n) is 3.35. The number of benzene rings is 2. The molecule has 0 saturated carbocycles. The summed E-state index contributed by atoms with van der Waals surface area (Å²) in [5, 5.41) is 13.3. The molecule has 23 heavy (non-hydrogen) atoms. The molecule has 0 spiro atoms. The van der Waals surface area contributed by atoms with Gasteiger partial charge in [0.05, 0.1) is 18.1 Å². The number of hydrogen-bond donors (Lipinski definition) is 1. The molecule has 7 nitrogen and oxygen atoms in total. The summed E-state index contributed by atoms with van der Waals surface area (Å²) in [6.45, 7) is 1.16. The lowest BCUT2D eigenvalue weighted by atomic mass is 10.2. The monoisotopic (exact) mass is 314 g/mol. The Kier molecular flexibility index (Phi) is 4.09. The highest BCUT2D eigenvalue weighted by Gasteiger charge is 2.13. The van der Waals surface area contributed by atoms with E-state index in [9.17, 15) is 14.9 Å². The molecule has 1 N–H and O–H groups in total. The Morgan fingerprint density at radius 2 is 1.74 bits per heavy atom. The van der Waals surface area contributed by atoms with Gasteiger partial charge in [0.1, 0.15) is 0 Å². The van der Waals surface area contributed by atoms with Crippen LogP contribution in [0.1, 0.15) is 16.8 Å². The van der Waals surface area contributed by atoms with Gasteiger partial charge in [0.25, 0.3) is 11.6 Å². The predicted octanol–water partition coefficient (Wildman–Crippen LogP) is 3.01. The molecule has 0 aliphatic carbocycles. The van der Waals surface area contributed by atoms with E-state index in [1.807, 2.05) is 0 Å². The first-order valence-corrected chi connectivity index (χ1v) is 7.09. The van der Waals surface area contributed by atoms with Crippen LogP contribution in [0.2, 0.25) is 0 Å². The van der Waals surface area contributed by atoms with Crippen LogP contribution in [0.5, 0.6) is 11.5 Å². The molecule has 1 heterocycles. The van der Waals surface area contributed by atoms with Crippen LogP contribution >= 0.6 is 0 Å². The van der Waals surface area contributed by atoms with Gasteiger partial charge in [0, 0.05) is 35.9 Å². The number of rotatable bonds is 3. The van der Waals surface area contributed by atoms with Crippen molar-refractivity contribution in [2.75, 3.05) is 18.5 Å². The molecular formula is C16H14N2O5. The Hall–Kier alpha value is -3.09. The van der Waals surface area contributed by atoms with Gasteiger partial charge in [-0.15, -0.1) is 0 Å². The first-order valence-electron chi connectivity index (χ1n) is 7.09. The van der Waals surface area contributed by atoms with Gasteiger partial charge in [-0.2, -0.15) is 0 Å². The molecule has 2 aromatic carbocycles. The third-order valence-corrected chi connectivity index (χ3v) is 3.35. The van der Waals surface area contributed by atoms with Gasteiger partial charge in [0.15, 0.2) is 11.5 Å². The summed E-state index contributed by atoms with van der Waals surface area (Å²) in [6, 6.07) is 10.6. The molecule has 0 aromatic heterocycles. The molecule has 1 amide bonds. The lowest BCUT2D eigenvalue weighted by molar-refractivity contribution is -0.384. The first-order chi connectivity index (χ1) is 11.1. The maximum absolute atomic E-state index is 12.2. The lowest BCUT2D eigenvalue weighted by Gasteiger charge is -2.10. The Morgan fingerprint density at radius 3 is 2.43 bits per heavy atom. The van der Waals surface area contributed by atoms with Gasteiger partial charge in [-0.3, -0.25) is 14.9 Å². The molecule has 0 bridgehead atoms. The molecular weight excluding hydrogens is 300 g/mol. The van der Waals surface area contributed by atoms with Crippen molar-refractivity contribution in [2.24, 2.45) is 0 Å². The molecule has 7 heteroatoms. The summed E-state index contributed by atoms with van der Waals surface area (Å²) < 4.78 is 11.1. The second-order valence-electron chi connectivity index (χ2n) is 4.97. The number of non-ortho nitro benzene ring substituents is 1. The van der Waals surface area contributed by atoms with Crippen molar-refractivity contribution in [3.8, 4) is 11.5 Å². The summed E-state index contributed by atoms with van der Waals surface area (Å²) in [4.78, 5) is 22.3. The minimum Gasteiger partial charge on any atom is -0.490 e. The fourth-order valence-electron chi connectivity index (χ4n) is 2.18. The van der Waals surface area contributed by atoms with Crippen molar-refractivity contribution >= 4 is 17.3 Å². The molecule has 0 radical (unpaired) electrons. The van der Waals surface area contributed by atoms with Gasteiger partial charge in [-0.25, -0.2) is 0 Å². The van der Waals surface area contributed by atoms with Crippen LogP contribution in [-0.4, -0.2) is 24.0 Å². The van der Waals surface area contributed by atoms with E-state index >= 15 is 0 Å². The predicted molar refractivity (Wildman–Crippen MR) is 83.1 cm³/mol. The van der Waals surface area contributed by atoms with Crippen molar-refractivity contribution in [3.63, 3.8) is 0 Å². The molecule has 2 aromatic rings. The van der Waals surface area contributed by atoms with Crippen molar-refractivity contribution in [3.05, 3.63) is 58.1 Å². The number of anilines is 1. The normalized spacial score (nSPS) is 13.0. The lowest BCUT2D eigenvalue weighted by Crippen LogP contribution is -2.12. The highest BCUT2D eigenvalue weighted by atomic mass is 16.6. The van der Waals surface area contributed by atoms with E-state index < -0.39 is 4.92 Å². The molecule has 1 aliphatic rings. The fourth-order valence-corrected chi connectivity index (χ4v) is 2.18. The van der Waals surface area contributed by atoms with Crippen molar-refractivity contribution < 1.29 is 19.2 Å². The maximum atomic E-state index is 12.2. The van der Waals surface area contributed by atoms with Gasteiger partial charge in [-0.1, -0.05) is 0 Å². The zero-order valence-electron chi connectivity index (χ0n) is 12.2. The fraction of sp³-hybridized carbons (Fsp3) is 0.188. The van der Waals surface area contributed by atoms with E-state index in [1.165, 1.54) is 24.3 Å². The molecule has 118 valence electrons. The minimum atomic E-state index is -0.508. The number of nitro groups is 1. The van der Waals surface area contributed by atoms with Gasteiger partial charge >= 0.3 is 0 Å². The summed E-state index contributed by atoms with van der Waals surface area (Å²) >= 11 is 0. The summed E-state index contributed by atoms with van der Waals surface area (Å²) in [6.07, 6.45) is 0.805. The molecule has 0 unspecified atom stereocenters. The molecule has 3 rings (SSSR count). The van der Waals surface area contributed by atoms with E-state index in [2.05, 4.69) is 5.32 Å². The number of carbonyl (C=O) groups is 1. The number of fused-ring (bicyclic) bond motifs is 1. The maximum Gasteiger partial charge on any atom is 0.269 e. The number of hydrogen-bond acceptors (Lipinski definition) is 5. The number of ether oxygens (including phenoxy) is 2. The average molecular weight is 314 g/mol. The Bertz CT molecular complexity index is 743. The molecule has 1 aliphatic heterocycles. The smallest absolute Gasteiger partial charge is 0.269 e. The average Bonchev–Trinajstić information content (AvgIpc) is 2.79. The van der Waals surface area contributed by atoms with Crippen molar-refractivity contribution in [1.82, 2.24) is 0 Å². The van der Waals surface area contributed by atoms with Gasteiger partial charge in [-0.05, 0) is 24.3 Å². The molecule has 0 saturated heterocycles. The van der Waals surface area contributed by atoms with E-state index in [4.69, 9.17) is 9.47 Å². The van der Waals surface area contributed by atoms with Crippen molar-refractivity contribution in [1.29, 1.82) is 0 Å². The number of amides is 1. The molecule has 0 atom stereocenters. The number of nitrogens with one attached hydrogen (secondary N) is 1. The zero-order chi connectivity index (χ0) is 16.2. The van der Waals surface area contributed by atoms with Crippen LogP contribution in [-0.2, 0) is 0 Å². The van der Waals surface area contributed by atoms with E-state index in [0.29, 0.717) is 36.0 Å². The Morgan fingerprint density at radius 1 is 1.04 bits per heavy atom. The summed E-state index contributed by atoms with van der Waals surface area (Å²) in [5.74, 6) is 0.884. The zero-order valence-corrected chi connectivity index (χ0v) is 12.2. The first kappa shape index (κ1) is 14.8. The largest absolute Gasteiger partial charge is 0.490 e. The SMILES string of the molecule is O=C(Nc1ccc2c(c1)OCCCO2)c1ccc([N+](=O)[O-])cc1. The third kappa shape index (κ3) is 3.39. The van der Waals surface area contributed by atoms with Crippen LogP contribution in [0.4, 0.5) is 11.4 Å². The van der Waals surface area contributed by atoms with E-state index in [-0.39, 0.29) is 11.6 Å². The van der Waals surface area contributed by atoms with Crippen molar-refractivity contribution in [2.45, 2.75) is 6.42 Å². The van der Waals surface area contributed by atoms with Crippen LogP contribution in [0.15, 0.2) is 42.5 Å². The quantitative estimate of drug-likeness (QED) is 0.694. The van der Waals surface area contributed by atoms with E-state index in [0.717, 1.165) is 6.42 Å². The highest BCUT2D eigenvalue weighted by Crippen LogP contribution is 2.32. The second kappa shape index (κ2) is 6.35. The standard InChI is InChI=1S/C16H14N2O5/c19-16(11-2-5-13(6-3-11)18(20)21)17-12-4-7-14-15(10-12)23-9-1-8-22-14/h2-7,10H,1,8-9H2,(H,17,19).